The number of likely N-dealkylation sites (N-methyl/N-ethyl adjacent to an activating group) is 1. The average molecular weight is 681 g/mol. The van der Waals surface area contributed by atoms with Crippen LogP contribution in [0.1, 0.15) is 22.4 Å². The second-order valence-corrected chi connectivity index (χ2v) is 12.5. The van der Waals surface area contributed by atoms with Gasteiger partial charge in [0, 0.05) is 70.0 Å². The Kier molecular flexibility index (Phi) is 8.44. The third-order valence-corrected chi connectivity index (χ3v) is 8.97. The minimum Gasteiger partial charge on any atom is -0.350 e. The van der Waals surface area contributed by atoms with Crippen molar-refractivity contribution in [2.24, 2.45) is 7.05 Å². The summed E-state index contributed by atoms with van der Waals surface area (Å²) in [5.74, 6) is -1.30. The number of fused-ring (bicyclic) bond motifs is 2. The van der Waals surface area contributed by atoms with Crippen LogP contribution >= 0.6 is 0 Å². The Morgan fingerprint density at radius 3 is 2.47 bits per heavy atom. The molecule has 49 heavy (non-hydrogen) atoms. The standard InChI is InChI=1S/C33H33F5N10O/c1-45-5-7-47(8-6-45)18-29-24(33(36,37)38)11-22(14-39-29)42-32(49)48-4-3-19-9-25(34)28(10-20(19)17-48)43-30-23-12-27(21-13-41-46(2)16-21)44-31(23)40-15-26(30)35/h9-16H,3-8,17-18H2,1-2H3,(H,42,49)(H2,40,43,44). The number of nitrogens with one attached hydrogen (secondary N) is 3. The zero-order chi connectivity index (χ0) is 34.4. The highest BCUT2D eigenvalue weighted by Crippen LogP contribution is 2.36. The summed E-state index contributed by atoms with van der Waals surface area (Å²) in [5.41, 5.74) is 2.01. The summed E-state index contributed by atoms with van der Waals surface area (Å²) in [4.78, 5) is 30.1. The van der Waals surface area contributed by atoms with Crippen LogP contribution in [0, 0.1) is 11.6 Å². The number of carbonyl (C=O) groups excluding carboxylic acids is 1. The molecule has 2 amide bonds. The number of benzene rings is 1. The molecule has 7 rings (SSSR count). The van der Waals surface area contributed by atoms with Crippen molar-refractivity contribution in [2.45, 2.75) is 25.7 Å². The predicted molar refractivity (Wildman–Crippen MR) is 173 cm³/mol. The maximum absolute atomic E-state index is 15.3. The number of urea groups is 1. The van der Waals surface area contributed by atoms with E-state index in [9.17, 15) is 18.0 Å². The molecule has 0 saturated carbocycles. The molecule has 1 saturated heterocycles. The van der Waals surface area contributed by atoms with Gasteiger partial charge in [-0.15, -0.1) is 0 Å². The lowest BCUT2D eigenvalue weighted by atomic mass is 9.98. The van der Waals surface area contributed by atoms with E-state index < -0.39 is 29.4 Å². The lowest BCUT2D eigenvalue weighted by molar-refractivity contribution is -0.138. The topological polar surface area (TPSA) is 110 Å². The lowest BCUT2D eigenvalue weighted by Crippen LogP contribution is -2.44. The number of H-pyrrole nitrogens is 1. The molecule has 1 aromatic carbocycles. The molecule has 0 bridgehead atoms. The van der Waals surface area contributed by atoms with Crippen LogP contribution in [-0.4, -0.2) is 85.2 Å². The molecule has 4 aromatic heterocycles. The van der Waals surface area contributed by atoms with Gasteiger partial charge in [0.05, 0.1) is 52.6 Å². The maximum atomic E-state index is 15.3. The van der Waals surface area contributed by atoms with Crippen molar-refractivity contribution in [1.29, 1.82) is 0 Å². The zero-order valence-corrected chi connectivity index (χ0v) is 26.7. The molecule has 256 valence electrons. The third-order valence-electron chi connectivity index (χ3n) is 8.97. The molecule has 0 radical (unpaired) electrons. The van der Waals surface area contributed by atoms with E-state index >= 15 is 8.78 Å². The smallest absolute Gasteiger partial charge is 0.350 e. The van der Waals surface area contributed by atoms with E-state index in [0.29, 0.717) is 47.4 Å². The number of alkyl halides is 3. The molecule has 2 aliphatic rings. The number of aromatic amines is 1. The van der Waals surface area contributed by atoms with Crippen molar-refractivity contribution >= 4 is 34.1 Å². The number of pyridine rings is 2. The highest BCUT2D eigenvalue weighted by Gasteiger charge is 2.35. The van der Waals surface area contributed by atoms with E-state index in [0.717, 1.165) is 30.9 Å². The van der Waals surface area contributed by atoms with Crippen molar-refractivity contribution in [3.63, 3.8) is 0 Å². The second-order valence-electron chi connectivity index (χ2n) is 12.5. The van der Waals surface area contributed by atoms with Gasteiger partial charge in [-0.05, 0) is 48.9 Å². The van der Waals surface area contributed by atoms with Gasteiger partial charge in [-0.25, -0.2) is 18.6 Å². The van der Waals surface area contributed by atoms with Gasteiger partial charge in [-0.3, -0.25) is 14.6 Å². The number of hydrogen-bond donors (Lipinski definition) is 3. The predicted octanol–water partition coefficient (Wildman–Crippen LogP) is 5.74. The van der Waals surface area contributed by atoms with E-state index in [-0.39, 0.29) is 42.4 Å². The van der Waals surface area contributed by atoms with Crippen molar-refractivity contribution in [3.05, 3.63) is 83.1 Å². The molecular formula is C33H33F5N10O. The minimum absolute atomic E-state index is 0.00788. The van der Waals surface area contributed by atoms with Gasteiger partial charge >= 0.3 is 12.2 Å². The number of anilines is 3. The summed E-state index contributed by atoms with van der Waals surface area (Å²) in [6, 6.07) is 4.85. The highest BCUT2D eigenvalue weighted by molar-refractivity contribution is 5.95. The average Bonchev–Trinajstić information content (AvgIpc) is 3.70. The minimum atomic E-state index is -4.66. The number of halogens is 5. The molecule has 3 N–H and O–H groups in total. The summed E-state index contributed by atoms with van der Waals surface area (Å²) < 4.78 is 74.2. The highest BCUT2D eigenvalue weighted by atomic mass is 19.4. The van der Waals surface area contributed by atoms with Gasteiger partial charge in [0.25, 0.3) is 0 Å². The number of aryl methyl sites for hydroxylation is 1. The fraction of sp³-hybridized carbons (Fsp3) is 0.333. The Hall–Kier alpha value is -5.09. The first kappa shape index (κ1) is 32.5. The van der Waals surface area contributed by atoms with Crippen LogP contribution in [0.15, 0.2) is 49.1 Å². The van der Waals surface area contributed by atoms with E-state index in [1.165, 1.54) is 23.2 Å². The molecule has 0 unspecified atom stereocenters. The van der Waals surface area contributed by atoms with Crippen LogP contribution < -0.4 is 10.6 Å². The second kappa shape index (κ2) is 12.7. The molecule has 16 heteroatoms. The number of nitrogens with zero attached hydrogens (tertiary/aromatic N) is 7. The molecule has 0 spiro atoms. The number of hydrogen-bond acceptors (Lipinski definition) is 7. The van der Waals surface area contributed by atoms with Crippen LogP contribution in [0.4, 0.5) is 43.8 Å². The normalized spacial score (nSPS) is 15.9. The van der Waals surface area contributed by atoms with E-state index in [4.69, 9.17) is 0 Å². The van der Waals surface area contributed by atoms with Gasteiger partial charge in [0.15, 0.2) is 5.82 Å². The fourth-order valence-corrected chi connectivity index (χ4v) is 6.23. The van der Waals surface area contributed by atoms with Gasteiger partial charge < -0.3 is 25.4 Å². The number of piperazine rings is 1. The zero-order valence-electron chi connectivity index (χ0n) is 26.7. The van der Waals surface area contributed by atoms with Crippen LogP contribution in [0.5, 0.6) is 0 Å². The fourth-order valence-electron chi connectivity index (χ4n) is 6.23. The Bertz CT molecular complexity index is 2030. The molecule has 1 fully saturated rings. The van der Waals surface area contributed by atoms with E-state index in [2.05, 4.69) is 35.6 Å². The lowest BCUT2D eigenvalue weighted by Gasteiger charge is -2.32. The Morgan fingerprint density at radius 1 is 0.939 bits per heavy atom. The summed E-state index contributed by atoms with van der Waals surface area (Å²) in [7, 11) is 3.74. The molecule has 2 aliphatic heterocycles. The van der Waals surface area contributed by atoms with Crippen LogP contribution in [0.25, 0.3) is 22.3 Å². The number of rotatable bonds is 6. The van der Waals surface area contributed by atoms with Crippen molar-refractivity contribution in [1.82, 2.24) is 39.4 Å². The molecule has 0 atom stereocenters. The van der Waals surface area contributed by atoms with Gasteiger partial charge in [-0.1, -0.05) is 0 Å². The van der Waals surface area contributed by atoms with Gasteiger partial charge in [0.2, 0.25) is 0 Å². The van der Waals surface area contributed by atoms with Crippen molar-refractivity contribution < 1.29 is 26.7 Å². The summed E-state index contributed by atoms with van der Waals surface area (Å²) >= 11 is 0. The molecular weight excluding hydrogens is 647 g/mol. The van der Waals surface area contributed by atoms with Crippen LogP contribution in [0.2, 0.25) is 0 Å². The van der Waals surface area contributed by atoms with Crippen LogP contribution in [0.3, 0.4) is 0 Å². The summed E-state index contributed by atoms with van der Waals surface area (Å²) in [6.45, 7) is 3.09. The first-order valence-electron chi connectivity index (χ1n) is 15.7. The first-order chi connectivity index (χ1) is 23.4. The number of aromatic nitrogens is 5. The number of carbonyl (C=O) groups is 1. The quantitative estimate of drug-likeness (QED) is 0.197. The van der Waals surface area contributed by atoms with E-state index in [1.54, 1.807) is 30.2 Å². The van der Waals surface area contributed by atoms with Gasteiger partial charge in [-0.2, -0.15) is 18.3 Å². The SMILES string of the molecule is CN1CCN(Cc2ncc(NC(=O)N3CCc4cc(F)c(Nc5c(F)cnc6[nH]c(-c7cnn(C)c7)cc56)cc4C3)cc2C(F)(F)F)CC1. The molecule has 11 nitrogen and oxygen atoms in total. The van der Waals surface area contributed by atoms with Crippen molar-refractivity contribution in [2.75, 3.05) is 50.4 Å². The monoisotopic (exact) mass is 680 g/mol. The third kappa shape index (κ3) is 6.78. The van der Waals surface area contributed by atoms with Crippen LogP contribution in [-0.2, 0) is 32.7 Å². The molecule has 0 aliphatic carbocycles. The van der Waals surface area contributed by atoms with Crippen molar-refractivity contribution in [3.8, 4) is 11.3 Å². The Morgan fingerprint density at radius 2 is 1.73 bits per heavy atom. The summed E-state index contributed by atoms with van der Waals surface area (Å²) in [5, 5.41) is 9.98. The maximum Gasteiger partial charge on any atom is 0.418 e. The Balaban J connectivity index is 1.08. The molecule has 6 heterocycles. The Labute approximate surface area is 277 Å². The molecule has 5 aromatic rings. The number of amides is 2. The largest absolute Gasteiger partial charge is 0.418 e. The summed E-state index contributed by atoms with van der Waals surface area (Å²) in [6.07, 6.45) is 1.36. The van der Waals surface area contributed by atoms with E-state index in [1.807, 2.05) is 11.9 Å². The van der Waals surface area contributed by atoms with Gasteiger partial charge in [0.1, 0.15) is 11.5 Å². The first-order valence-corrected chi connectivity index (χ1v) is 15.7.